The number of nitrogens with zero attached hydrogens (tertiary/aromatic N) is 4. The van der Waals surface area contributed by atoms with E-state index in [1.165, 1.54) is 16.7 Å². The predicted octanol–water partition coefficient (Wildman–Crippen LogP) is 6.84. The van der Waals surface area contributed by atoms with Gasteiger partial charge in [0.15, 0.2) is 0 Å². The quantitative estimate of drug-likeness (QED) is 0.260. The molecule has 0 radical (unpaired) electrons. The summed E-state index contributed by atoms with van der Waals surface area (Å²) in [4.78, 5) is 13.6. The molecule has 0 fully saturated rings. The second kappa shape index (κ2) is 11.0. The molecule has 5 rings (SSSR count). The number of nitrogens with one attached hydrogen (secondary N) is 1. The van der Waals surface area contributed by atoms with Crippen molar-refractivity contribution in [3.8, 4) is 12.3 Å². The van der Waals surface area contributed by atoms with Gasteiger partial charge in [0.05, 0.1) is 28.8 Å². The van der Waals surface area contributed by atoms with E-state index in [-0.39, 0.29) is 5.92 Å². The lowest BCUT2D eigenvalue weighted by molar-refractivity contribution is 1.07. The molecule has 0 amide bonds. The number of aryl methyl sites for hydroxylation is 2. The number of rotatable bonds is 4. The van der Waals surface area contributed by atoms with Gasteiger partial charge in [-0.25, -0.2) is 0 Å². The highest BCUT2D eigenvalue weighted by molar-refractivity contribution is 6.00. The summed E-state index contributed by atoms with van der Waals surface area (Å²) in [5.74, 6) is 2.72. The molecule has 0 aliphatic carbocycles. The Balaban J connectivity index is 0.000000256. The standard InChI is InChI=1S/C21H21N5.C10H10/c1-12(7-8-22-4)18-10-17-20(13(2)25-21(17)14(3)24-18)15-5-6-16-11-23-26-19(16)9-15;1-3-9-5-7-10(4-2)8-6-9/h5-11,20H,1-4H3,(H,23,26);1,5-8H,4H2,2H3/b12-7+,22-8?;. The summed E-state index contributed by atoms with van der Waals surface area (Å²) in [7, 11) is 1.77. The van der Waals surface area contributed by atoms with Gasteiger partial charge in [-0.1, -0.05) is 37.1 Å². The minimum atomic E-state index is 0.144. The second-order valence-electron chi connectivity index (χ2n) is 8.89. The first-order chi connectivity index (χ1) is 17.4. The fourth-order valence-corrected chi connectivity index (χ4v) is 4.39. The molecule has 0 spiro atoms. The van der Waals surface area contributed by atoms with Crippen molar-refractivity contribution >= 4 is 34.1 Å². The number of allylic oxidation sites excluding steroid dienone is 2. The van der Waals surface area contributed by atoms with Crippen LogP contribution < -0.4 is 0 Å². The molecule has 1 atom stereocenters. The minimum absolute atomic E-state index is 0.144. The fourth-order valence-electron chi connectivity index (χ4n) is 4.39. The van der Waals surface area contributed by atoms with E-state index in [0.29, 0.717) is 0 Å². The van der Waals surface area contributed by atoms with Crippen molar-refractivity contribution in [2.24, 2.45) is 9.98 Å². The first-order valence-corrected chi connectivity index (χ1v) is 12.1. The highest BCUT2D eigenvalue weighted by Crippen LogP contribution is 2.42. The third-order valence-electron chi connectivity index (χ3n) is 6.42. The third kappa shape index (κ3) is 5.18. The minimum Gasteiger partial charge on any atom is -0.297 e. The van der Waals surface area contributed by atoms with Gasteiger partial charge in [-0.2, -0.15) is 5.10 Å². The average Bonchev–Trinajstić information content (AvgIpc) is 3.51. The monoisotopic (exact) mass is 473 g/mol. The lowest BCUT2D eigenvalue weighted by atomic mass is 9.88. The van der Waals surface area contributed by atoms with Crippen LogP contribution in [0.15, 0.2) is 70.8 Å². The fraction of sp³-hybridized carbons (Fsp3) is 0.226. The van der Waals surface area contributed by atoms with Crippen LogP contribution in [0.2, 0.25) is 0 Å². The largest absolute Gasteiger partial charge is 0.297 e. The highest BCUT2D eigenvalue weighted by atomic mass is 15.1. The normalized spacial score (nSPS) is 14.8. The molecule has 0 bridgehead atoms. The maximum atomic E-state index is 5.19. The zero-order valence-corrected chi connectivity index (χ0v) is 21.5. The van der Waals surface area contributed by atoms with Gasteiger partial charge in [0, 0.05) is 35.8 Å². The first-order valence-electron chi connectivity index (χ1n) is 12.1. The lowest BCUT2D eigenvalue weighted by Gasteiger charge is -2.15. The molecule has 36 heavy (non-hydrogen) atoms. The van der Waals surface area contributed by atoms with Gasteiger partial charge < -0.3 is 0 Å². The van der Waals surface area contributed by atoms with E-state index in [0.717, 1.165) is 51.2 Å². The number of pyridine rings is 1. The first kappa shape index (κ1) is 24.8. The van der Waals surface area contributed by atoms with Gasteiger partial charge in [0.2, 0.25) is 0 Å². The smallest absolute Gasteiger partial charge is 0.0884 e. The molecule has 1 aliphatic heterocycles. The van der Waals surface area contributed by atoms with Crippen molar-refractivity contribution in [3.63, 3.8) is 0 Å². The van der Waals surface area contributed by atoms with Gasteiger partial charge in [-0.3, -0.25) is 20.1 Å². The summed E-state index contributed by atoms with van der Waals surface area (Å²) in [6.45, 7) is 8.31. The van der Waals surface area contributed by atoms with E-state index in [4.69, 9.17) is 16.4 Å². The number of H-pyrrole nitrogens is 1. The number of hydrogen-bond donors (Lipinski definition) is 1. The summed E-state index contributed by atoms with van der Waals surface area (Å²) in [6, 6.07) is 16.7. The van der Waals surface area contributed by atoms with E-state index >= 15 is 0 Å². The van der Waals surface area contributed by atoms with Crippen molar-refractivity contribution in [3.05, 3.63) is 94.4 Å². The average molecular weight is 474 g/mol. The maximum Gasteiger partial charge on any atom is 0.0884 e. The summed E-state index contributed by atoms with van der Waals surface area (Å²) in [6.07, 6.45) is 11.9. The number of benzene rings is 2. The molecule has 2 aromatic heterocycles. The van der Waals surface area contributed by atoms with Crippen LogP contribution in [0, 0.1) is 19.3 Å². The summed E-state index contributed by atoms with van der Waals surface area (Å²) in [5, 5.41) is 8.30. The van der Waals surface area contributed by atoms with Crippen molar-refractivity contribution < 1.29 is 0 Å². The zero-order valence-electron chi connectivity index (χ0n) is 21.5. The van der Waals surface area contributed by atoms with E-state index < -0.39 is 0 Å². The van der Waals surface area contributed by atoms with Gasteiger partial charge in [-0.15, -0.1) is 6.42 Å². The molecule has 1 aliphatic rings. The van der Waals surface area contributed by atoms with Crippen molar-refractivity contribution in [1.29, 1.82) is 0 Å². The van der Waals surface area contributed by atoms with Gasteiger partial charge in [-0.05, 0) is 79.8 Å². The predicted molar refractivity (Wildman–Crippen MR) is 152 cm³/mol. The van der Waals surface area contributed by atoms with E-state index in [9.17, 15) is 0 Å². The molecule has 0 saturated carbocycles. The number of hydrogen-bond acceptors (Lipinski definition) is 4. The summed E-state index contributed by atoms with van der Waals surface area (Å²) < 4.78 is 0. The molecule has 1 N–H and O–H groups in total. The SMILES string of the molecule is C#Cc1ccc(CC)cc1.CN=C/C=C(\C)c1cc2c(c(C)n1)N=C(C)C2c1ccc2cn[nH]c2c1. The number of aromatic nitrogens is 3. The van der Waals surface area contributed by atoms with Crippen LogP contribution in [0.25, 0.3) is 16.5 Å². The molecular weight excluding hydrogens is 442 g/mol. The molecule has 180 valence electrons. The van der Waals surface area contributed by atoms with Crippen molar-refractivity contribution in [2.75, 3.05) is 7.05 Å². The number of aromatic amines is 1. The molecule has 2 aromatic carbocycles. The Morgan fingerprint density at radius 1 is 1.14 bits per heavy atom. The topological polar surface area (TPSA) is 66.3 Å². The Bertz CT molecular complexity index is 1510. The van der Waals surface area contributed by atoms with Crippen LogP contribution in [0.4, 0.5) is 5.69 Å². The van der Waals surface area contributed by atoms with Crippen LogP contribution in [0.5, 0.6) is 0 Å². The van der Waals surface area contributed by atoms with Crippen molar-refractivity contribution in [2.45, 2.75) is 40.0 Å². The van der Waals surface area contributed by atoms with Crippen LogP contribution in [0.3, 0.4) is 0 Å². The van der Waals surface area contributed by atoms with Crippen LogP contribution in [-0.2, 0) is 6.42 Å². The molecule has 5 nitrogen and oxygen atoms in total. The van der Waals surface area contributed by atoms with Crippen molar-refractivity contribution in [1.82, 2.24) is 15.2 Å². The van der Waals surface area contributed by atoms with Crippen LogP contribution in [0.1, 0.15) is 60.3 Å². The van der Waals surface area contributed by atoms with Gasteiger partial charge in [0.1, 0.15) is 0 Å². The third-order valence-corrected chi connectivity index (χ3v) is 6.42. The van der Waals surface area contributed by atoms with Crippen LogP contribution in [-0.4, -0.2) is 34.2 Å². The Morgan fingerprint density at radius 3 is 2.61 bits per heavy atom. The summed E-state index contributed by atoms with van der Waals surface area (Å²) in [5.41, 5.74) is 10.9. The second-order valence-corrected chi connectivity index (χ2v) is 8.89. The Morgan fingerprint density at radius 2 is 1.92 bits per heavy atom. The maximum absolute atomic E-state index is 5.19. The number of terminal acetylenes is 1. The van der Waals surface area contributed by atoms with E-state index in [1.807, 2.05) is 31.3 Å². The molecule has 5 heteroatoms. The number of fused-ring (bicyclic) bond motifs is 2. The molecule has 4 aromatic rings. The van der Waals surface area contributed by atoms with E-state index in [2.05, 4.69) is 78.3 Å². The zero-order chi connectivity index (χ0) is 25.7. The summed E-state index contributed by atoms with van der Waals surface area (Å²) >= 11 is 0. The Hall–Kier alpha value is -4.30. The van der Waals surface area contributed by atoms with E-state index in [1.54, 1.807) is 13.3 Å². The molecule has 3 heterocycles. The van der Waals surface area contributed by atoms with Gasteiger partial charge >= 0.3 is 0 Å². The lowest BCUT2D eigenvalue weighted by Crippen LogP contribution is -2.07. The molecular formula is C31H31N5. The Kier molecular flexibility index (Phi) is 7.56. The van der Waals surface area contributed by atoms with Crippen LogP contribution >= 0.6 is 0 Å². The molecule has 1 unspecified atom stereocenters. The van der Waals surface area contributed by atoms with Gasteiger partial charge in [0.25, 0.3) is 0 Å². The molecule has 0 saturated heterocycles. The Labute approximate surface area is 213 Å². The number of aliphatic imine (C=N–C) groups is 2. The highest BCUT2D eigenvalue weighted by Gasteiger charge is 2.28.